The summed E-state index contributed by atoms with van der Waals surface area (Å²) in [5.74, 6) is 1.54. The Morgan fingerprint density at radius 1 is 1.15 bits per heavy atom. The number of thioether (sulfide) groups is 1. The van der Waals surface area contributed by atoms with Gasteiger partial charge in [-0.15, -0.1) is 0 Å². The predicted molar refractivity (Wildman–Crippen MR) is 107 cm³/mol. The van der Waals surface area contributed by atoms with E-state index in [-0.39, 0.29) is 5.56 Å². The predicted octanol–water partition coefficient (Wildman–Crippen LogP) is 4.49. The number of nitrogens with zero attached hydrogens (tertiary/aromatic N) is 1. The van der Waals surface area contributed by atoms with Crippen LogP contribution < -0.4 is 10.3 Å². The number of rotatable bonds is 7. The van der Waals surface area contributed by atoms with E-state index in [1.165, 1.54) is 11.8 Å². The van der Waals surface area contributed by atoms with E-state index in [1.807, 2.05) is 61.5 Å². The number of H-pyrrole nitrogens is 1. The zero-order valence-electron chi connectivity index (χ0n) is 14.4. The molecule has 0 unspecified atom stereocenters. The fraction of sp³-hybridized carbons (Fsp3) is 0.200. The Labute approximate surface area is 161 Å². The van der Waals surface area contributed by atoms with E-state index in [4.69, 9.17) is 16.3 Å². The smallest absolute Gasteiger partial charge is 0.255 e. The zero-order valence-corrected chi connectivity index (χ0v) is 15.9. The lowest BCUT2D eigenvalue weighted by Gasteiger charge is -2.08. The summed E-state index contributed by atoms with van der Waals surface area (Å²) < 4.78 is 5.65. The molecule has 0 aliphatic heterocycles. The third kappa shape index (κ3) is 5.13. The monoisotopic (exact) mass is 386 g/mol. The standard InChI is InChI=1S/C20H19ClN2O2S/c1-14-18(13-15-6-5-7-16(21)12-15)19(24)23-20(22-14)26-11-10-25-17-8-3-2-4-9-17/h2-9,12H,10-11,13H2,1H3,(H,22,23,24). The minimum atomic E-state index is -0.107. The summed E-state index contributed by atoms with van der Waals surface area (Å²) >= 11 is 7.49. The number of halogens is 1. The first-order valence-corrected chi connectivity index (χ1v) is 9.63. The van der Waals surface area contributed by atoms with Crippen LogP contribution in [0.3, 0.4) is 0 Å². The molecule has 26 heavy (non-hydrogen) atoms. The Hall–Kier alpha value is -2.24. The maximum atomic E-state index is 12.4. The van der Waals surface area contributed by atoms with Crippen LogP contribution in [0.5, 0.6) is 5.75 Å². The van der Waals surface area contributed by atoms with Crippen LogP contribution >= 0.6 is 23.4 Å². The van der Waals surface area contributed by atoms with Crippen molar-refractivity contribution in [3.63, 3.8) is 0 Å². The van der Waals surface area contributed by atoms with E-state index >= 15 is 0 Å². The fourth-order valence-electron chi connectivity index (χ4n) is 2.53. The molecule has 0 radical (unpaired) electrons. The van der Waals surface area contributed by atoms with Gasteiger partial charge in [-0.3, -0.25) is 4.79 Å². The minimum absolute atomic E-state index is 0.107. The molecule has 0 saturated heterocycles. The molecular weight excluding hydrogens is 368 g/mol. The van der Waals surface area contributed by atoms with Gasteiger partial charge in [0.1, 0.15) is 5.75 Å². The molecule has 0 atom stereocenters. The summed E-state index contributed by atoms with van der Waals surface area (Å²) in [6, 6.07) is 17.2. The third-order valence-electron chi connectivity index (χ3n) is 3.80. The van der Waals surface area contributed by atoms with Gasteiger partial charge in [-0.2, -0.15) is 0 Å². The molecule has 3 rings (SSSR count). The van der Waals surface area contributed by atoms with E-state index in [0.29, 0.717) is 34.5 Å². The molecule has 0 aliphatic carbocycles. The van der Waals surface area contributed by atoms with Gasteiger partial charge in [-0.1, -0.05) is 53.7 Å². The van der Waals surface area contributed by atoms with E-state index in [2.05, 4.69) is 9.97 Å². The molecule has 0 bridgehead atoms. The lowest BCUT2D eigenvalue weighted by molar-refractivity contribution is 0.344. The summed E-state index contributed by atoms with van der Waals surface area (Å²) in [6.07, 6.45) is 0.511. The van der Waals surface area contributed by atoms with Gasteiger partial charge in [0.25, 0.3) is 5.56 Å². The first-order valence-electron chi connectivity index (χ1n) is 8.27. The Balaban J connectivity index is 1.61. The highest BCUT2D eigenvalue weighted by Gasteiger charge is 2.10. The van der Waals surface area contributed by atoms with Crippen LogP contribution in [0.4, 0.5) is 0 Å². The van der Waals surface area contributed by atoms with Crippen molar-refractivity contribution in [1.82, 2.24) is 9.97 Å². The van der Waals surface area contributed by atoms with Crippen molar-refractivity contribution in [3.8, 4) is 5.75 Å². The second-order valence-corrected chi connectivity index (χ2v) is 7.27. The van der Waals surface area contributed by atoms with Crippen LogP contribution in [0.25, 0.3) is 0 Å². The maximum absolute atomic E-state index is 12.4. The number of para-hydroxylation sites is 1. The van der Waals surface area contributed by atoms with E-state index in [1.54, 1.807) is 0 Å². The molecule has 2 aromatic carbocycles. The summed E-state index contributed by atoms with van der Waals surface area (Å²) in [5, 5.41) is 1.27. The Kier molecular flexibility index (Phi) is 6.36. The molecule has 0 fully saturated rings. The number of aryl methyl sites for hydroxylation is 1. The summed E-state index contributed by atoms with van der Waals surface area (Å²) in [4.78, 5) is 19.8. The summed E-state index contributed by atoms with van der Waals surface area (Å²) in [7, 11) is 0. The summed E-state index contributed by atoms with van der Waals surface area (Å²) in [5.41, 5.74) is 2.28. The van der Waals surface area contributed by atoms with E-state index in [9.17, 15) is 4.79 Å². The van der Waals surface area contributed by atoms with Crippen molar-refractivity contribution < 1.29 is 4.74 Å². The molecule has 0 aliphatic rings. The first-order chi connectivity index (χ1) is 12.6. The van der Waals surface area contributed by atoms with Crippen molar-refractivity contribution >= 4 is 23.4 Å². The van der Waals surface area contributed by atoms with Gasteiger partial charge in [0.2, 0.25) is 0 Å². The van der Waals surface area contributed by atoms with E-state index < -0.39 is 0 Å². The molecule has 4 nitrogen and oxygen atoms in total. The highest BCUT2D eigenvalue weighted by molar-refractivity contribution is 7.99. The van der Waals surface area contributed by atoms with Crippen LogP contribution in [0.2, 0.25) is 5.02 Å². The Morgan fingerprint density at radius 2 is 1.96 bits per heavy atom. The second kappa shape index (κ2) is 8.92. The van der Waals surface area contributed by atoms with Gasteiger partial charge in [-0.25, -0.2) is 4.98 Å². The molecule has 0 saturated carbocycles. The molecule has 1 aromatic heterocycles. The quantitative estimate of drug-likeness (QED) is 0.369. The number of aromatic amines is 1. The lowest BCUT2D eigenvalue weighted by atomic mass is 10.1. The Bertz CT molecular complexity index is 929. The van der Waals surface area contributed by atoms with Crippen LogP contribution in [0, 0.1) is 6.92 Å². The van der Waals surface area contributed by atoms with Crippen LogP contribution in [-0.2, 0) is 6.42 Å². The highest BCUT2D eigenvalue weighted by atomic mass is 35.5. The SMILES string of the molecule is Cc1nc(SCCOc2ccccc2)[nH]c(=O)c1Cc1cccc(Cl)c1. The zero-order chi connectivity index (χ0) is 18.4. The largest absolute Gasteiger partial charge is 0.493 e. The topological polar surface area (TPSA) is 55.0 Å². The average molecular weight is 387 g/mol. The van der Waals surface area contributed by atoms with Crippen LogP contribution in [0.1, 0.15) is 16.8 Å². The molecule has 0 spiro atoms. The molecule has 1 heterocycles. The van der Waals surface area contributed by atoms with Gasteiger partial charge < -0.3 is 9.72 Å². The van der Waals surface area contributed by atoms with Crippen molar-refractivity contribution in [1.29, 1.82) is 0 Å². The molecule has 3 aromatic rings. The Morgan fingerprint density at radius 3 is 2.69 bits per heavy atom. The highest BCUT2D eigenvalue weighted by Crippen LogP contribution is 2.17. The normalized spacial score (nSPS) is 10.7. The molecule has 0 amide bonds. The van der Waals surface area contributed by atoms with Crippen LogP contribution in [-0.4, -0.2) is 22.3 Å². The van der Waals surface area contributed by atoms with Crippen molar-refractivity contribution in [2.24, 2.45) is 0 Å². The van der Waals surface area contributed by atoms with Crippen molar-refractivity contribution in [2.75, 3.05) is 12.4 Å². The molecule has 134 valence electrons. The van der Waals surface area contributed by atoms with Gasteiger partial charge in [-0.05, 0) is 36.8 Å². The number of ether oxygens (including phenoxy) is 1. The average Bonchev–Trinajstić information content (AvgIpc) is 2.63. The summed E-state index contributed by atoms with van der Waals surface area (Å²) in [6.45, 7) is 2.40. The van der Waals surface area contributed by atoms with Crippen molar-refractivity contribution in [2.45, 2.75) is 18.5 Å². The molecule has 6 heteroatoms. The third-order valence-corrected chi connectivity index (χ3v) is 4.88. The van der Waals surface area contributed by atoms with Gasteiger partial charge in [0.05, 0.1) is 6.61 Å². The van der Waals surface area contributed by atoms with Gasteiger partial charge in [0.15, 0.2) is 5.16 Å². The number of hydrogen-bond donors (Lipinski definition) is 1. The van der Waals surface area contributed by atoms with Crippen LogP contribution in [0.15, 0.2) is 64.5 Å². The number of nitrogens with one attached hydrogen (secondary N) is 1. The second-order valence-electron chi connectivity index (χ2n) is 5.75. The van der Waals surface area contributed by atoms with Gasteiger partial charge in [0, 0.05) is 28.5 Å². The fourth-order valence-corrected chi connectivity index (χ4v) is 3.47. The number of hydrogen-bond acceptors (Lipinski definition) is 4. The number of aromatic nitrogens is 2. The maximum Gasteiger partial charge on any atom is 0.255 e. The van der Waals surface area contributed by atoms with Crippen molar-refractivity contribution in [3.05, 3.63) is 86.8 Å². The first kappa shape index (κ1) is 18.5. The molecule has 1 N–H and O–H groups in total. The molecular formula is C20H19ClN2O2S. The lowest BCUT2D eigenvalue weighted by Crippen LogP contribution is -2.18. The van der Waals surface area contributed by atoms with E-state index in [0.717, 1.165) is 17.0 Å². The minimum Gasteiger partial charge on any atom is -0.493 e. The van der Waals surface area contributed by atoms with Gasteiger partial charge >= 0.3 is 0 Å². The number of benzene rings is 2.